The highest BCUT2D eigenvalue weighted by Crippen LogP contribution is 2.40. The predicted molar refractivity (Wildman–Crippen MR) is 149 cm³/mol. The highest BCUT2D eigenvalue weighted by Gasteiger charge is 2.20. The molecule has 1 heterocycles. The van der Waals surface area contributed by atoms with E-state index in [4.69, 9.17) is 28.2 Å². The Kier molecular flexibility index (Phi) is 10.7. The van der Waals surface area contributed by atoms with Gasteiger partial charge in [-0.15, -0.1) is 0 Å². The van der Waals surface area contributed by atoms with Crippen molar-refractivity contribution in [3.05, 3.63) is 53.6 Å². The number of aliphatic hydroxyl groups is 1. The van der Waals surface area contributed by atoms with Gasteiger partial charge in [-0.3, -0.25) is 4.79 Å². The molecule has 0 aliphatic rings. The highest BCUT2D eigenvalue weighted by molar-refractivity contribution is 6.33. The Labute approximate surface area is 217 Å². The molecule has 6 N–H and O–H groups in total. The van der Waals surface area contributed by atoms with Crippen molar-refractivity contribution in [2.24, 2.45) is 5.92 Å². The van der Waals surface area contributed by atoms with Crippen molar-refractivity contribution < 1.29 is 14.7 Å². The van der Waals surface area contributed by atoms with Gasteiger partial charge in [0.2, 0.25) is 5.91 Å². The van der Waals surface area contributed by atoms with Gasteiger partial charge in [0.15, 0.2) is 0 Å². The molecule has 1 atom stereocenters. The maximum Gasteiger partial charge on any atom is 0.227 e. The van der Waals surface area contributed by atoms with Crippen molar-refractivity contribution >= 4 is 46.7 Å². The maximum absolute atomic E-state index is 12.8. The van der Waals surface area contributed by atoms with Crippen LogP contribution in [-0.4, -0.2) is 43.5 Å². The van der Waals surface area contributed by atoms with Crippen LogP contribution in [0.5, 0.6) is 0 Å². The van der Waals surface area contributed by atoms with E-state index in [9.17, 15) is 9.59 Å². The van der Waals surface area contributed by atoms with Crippen molar-refractivity contribution in [2.45, 2.75) is 26.2 Å². The van der Waals surface area contributed by atoms with Crippen LogP contribution in [0.2, 0.25) is 5.02 Å². The number of amides is 1. The molecule has 3 aromatic rings. The fraction of sp³-hybridized carbons (Fsp3) is 0.296. The molecule has 1 unspecified atom stereocenters. The molecule has 3 rings (SSSR count). The van der Waals surface area contributed by atoms with E-state index in [0.29, 0.717) is 47.2 Å². The lowest BCUT2D eigenvalue weighted by molar-refractivity contribution is -0.120. The number of nitrogens with two attached hydrogens (primary N) is 2. The third-order valence-corrected chi connectivity index (χ3v) is 6.07. The second-order valence-electron chi connectivity index (χ2n) is 8.30. The number of hydrogen-bond acceptors (Lipinski definition) is 7. The zero-order valence-corrected chi connectivity index (χ0v) is 21.8. The number of hydrogen-bond donors (Lipinski definition) is 4. The monoisotopic (exact) mass is 511 g/mol. The Morgan fingerprint density at radius 3 is 2.44 bits per heavy atom. The second kappa shape index (κ2) is 13.5. The lowest BCUT2D eigenvalue weighted by Crippen LogP contribution is -2.22. The van der Waals surface area contributed by atoms with Crippen molar-refractivity contribution in [1.29, 1.82) is 0 Å². The summed E-state index contributed by atoms with van der Waals surface area (Å²) >= 11 is 6.43. The molecule has 1 amide bonds. The summed E-state index contributed by atoms with van der Waals surface area (Å²) in [4.78, 5) is 30.1. The van der Waals surface area contributed by atoms with Crippen LogP contribution in [0.4, 0.5) is 22.9 Å². The summed E-state index contributed by atoms with van der Waals surface area (Å²) in [6.07, 6.45) is 2.30. The summed E-state index contributed by atoms with van der Waals surface area (Å²) in [7, 11) is 4.79. The van der Waals surface area contributed by atoms with E-state index in [-0.39, 0.29) is 11.8 Å². The number of para-hydroxylation sites is 1. The number of nitrogens with one attached hydrogen (secondary N) is 1. The van der Waals surface area contributed by atoms with Gasteiger partial charge in [-0.05, 0) is 42.7 Å². The van der Waals surface area contributed by atoms with Crippen LogP contribution in [0, 0.1) is 5.92 Å². The second-order valence-corrected chi connectivity index (χ2v) is 8.71. The smallest absolute Gasteiger partial charge is 0.227 e. The van der Waals surface area contributed by atoms with Crippen LogP contribution in [0.1, 0.15) is 26.2 Å². The Morgan fingerprint density at radius 2 is 1.83 bits per heavy atom. The average molecular weight is 512 g/mol. The number of aliphatic hydroxyl groups excluding tert-OH is 1. The average Bonchev–Trinajstić information content (AvgIpc) is 2.86. The van der Waals surface area contributed by atoms with E-state index < -0.39 is 0 Å². The van der Waals surface area contributed by atoms with Gasteiger partial charge in [0, 0.05) is 50.4 Å². The van der Waals surface area contributed by atoms with Crippen LogP contribution in [0.3, 0.4) is 0 Å². The number of rotatable bonds is 9. The molecule has 36 heavy (non-hydrogen) atoms. The van der Waals surface area contributed by atoms with E-state index in [2.05, 4.69) is 10.3 Å². The van der Waals surface area contributed by atoms with E-state index in [1.54, 1.807) is 6.07 Å². The number of pyridine rings is 1. The fourth-order valence-corrected chi connectivity index (χ4v) is 4.09. The molecular weight excluding hydrogens is 478 g/mol. The molecule has 8 nitrogen and oxygen atoms in total. The molecule has 1 aromatic heterocycles. The van der Waals surface area contributed by atoms with Gasteiger partial charge in [-0.1, -0.05) is 42.8 Å². The zero-order chi connectivity index (χ0) is 26.8. The predicted octanol–water partition coefficient (Wildman–Crippen LogP) is 4.85. The molecule has 0 bridgehead atoms. The third kappa shape index (κ3) is 6.74. The number of nitrogens with zero attached hydrogens (tertiary/aromatic N) is 2. The van der Waals surface area contributed by atoms with Crippen LogP contribution >= 0.6 is 11.6 Å². The summed E-state index contributed by atoms with van der Waals surface area (Å²) in [6, 6.07) is 14.9. The number of benzene rings is 2. The minimum atomic E-state index is -0.272. The highest BCUT2D eigenvalue weighted by atomic mass is 35.5. The van der Waals surface area contributed by atoms with Gasteiger partial charge in [0.25, 0.3) is 0 Å². The van der Waals surface area contributed by atoms with Gasteiger partial charge in [0.05, 0.1) is 22.1 Å². The van der Waals surface area contributed by atoms with Crippen molar-refractivity contribution in [2.75, 3.05) is 42.9 Å². The van der Waals surface area contributed by atoms with Crippen LogP contribution in [0.25, 0.3) is 22.4 Å². The van der Waals surface area contributed by atoms with Gasteiger partial charge in [-0.25, -0.2) is 4.98 Å². The fourth-order valence-electron chi connectivity index (χ4n) is 3.93. The van der Waals surface area contributed by atoms with Gasteiger partial charge in [0.1, 0.15) is 12.1 Å². The molecule has 0 radical (unpaired) electrons. The number of anilines is 4. The SMILES string of the molecule is CCC(CCC=O)C(=O)Nc1cc(-c2cc(-c3ccccc3N)nc(N)c2N(C)C)ccc1Cl.CO. The minimum Gasteiger partial charge on any atom is -0.400 e. The molecule has 2 aromatic carbocycles. The van der Waals surface area contributed by atoms with Gasteiger partial charge in [-0.2, -0.15) is 0 Å². The number of carbonyl (C=O) groups is 2. The first-order valence-electron chi connectivity index (χ1n) is 11.6. The van der Waals surface area contributed by atoms with E-state index in [0.717, 1.165) is 35.8 Å². The summed E-state index contributed by atoms with van der Waals surface area (Å²) < 4.78 is 0. The molecule has 0 aliphatic heterocycles. The number of carbonyl (C=O) groups excluding carboxylic acids is 2. The van der Waals surface area contributed by atoms with Crippen LogP contribution < -0.4 is 21.7 Å². The Balaban J connectivity index is 0.00000222. The lowest BCUT2D eigenvalue weighted by Gasteiger charge is -2.22. The number of nitrogen functional groups attached to an aromatic ring is 2. The van der Waals surface area contributed by atoms with Crippen molar-refractivity contribution in [1.82, 2.24) is 4.98 Å². The zero-order valence-electron chi connectivity index (χ0n) is 21.1. The van der Waals surface area contributed by atoms with E-state index in [1.165, 1.54) is 0 Å². The molecule has 0 saturated heterocycles. The molecule has 0 fully saturated rings. The summed E-state index contributed by atoms with van der Waals surface area (Å²) in [6.45, 7) is 1.92. The van der Waals surface area contributed by atoms with Crippen LogP contribution in [0.15, 0.2) is 48.5 Å². The van der Waals surface area contributed by atoms with Gasteiger partial charge >= 0.3 is 0 Å². The van der Waals surface area contributed by atoms with Gasteiger partial charge < -0.3 is 31.6 Å². The molecule has 0 aliphatic carbocycles. The summed E-state index contributed by atoms with van der Waals surface area (Å²) in [5.74, 6) is -0.0732. The molecule has 0 saturated carbocycles. The number of halogens is 1. The van der Waals surface area contributed by atoms with Crippen molar-refractivity contribution in [3.8, 4) is 22.4 Å². The molecule has 0 spiro atoms. The normalized spacial score (nSPS) is 11.2. The minimum absolute atomic E-state index is 0.164. The Hall–Kier alpha value is -3.62. The van der Waals surface area contributed by atoms with E-state index >= 15 is 0 Å². The molecule has 192 valence electrons. The Bertz CT molecular complexity index is 1200. The molecular formula is C27H34ClN5O3. The topological polar surface area (TPSA) is 135 Å². The number of aromatic nitrogens is 1. The first-order chi connectivity index (χ1) is 17.3. The van der Waals surface area contributed by atoms with E-state index in [1.807, 2.05) is 68.4 Å². The first kappa shape index (κ1) is 28.6. The summed E-state index contributed by atoms with van der Waals surface area (Å²) in [5, 5.41) is 10.4. The lowest BCUT2D eigenvalue weighted by atomic mass is 9.98. The first-order valence-corrected chi connectivity index (χ1v) is 12.0. The van der Waals surface area contributed by atoms with Crippen LogP contribution in [-0.2, 0) is 9.59 Å². The largest absolute Gasteiger partial charge is 0.400 e. The summed E-state index contributed by atoms with van der Waals surface area (Å²) in [5.41, 5.74) is 17.5. The number of aldehydes is 1. The molecule has 9 heteroatoms. The van der Waals surface area contributed by atoms with Crippen molar-refractivity contribution in [3.63, 3.8) is 0 Å². The quantitative estimate of drug-likeness (QED) is 0.238. The third-order valence-electron chi connectivity index (χ3n) is 5.74. The maximum atomic E-state index is 12.8. The Morgan fingerprint density at radius 1 is 1.14 bits per heavy atom. The standard InChI is InChI=1S/C26H30ClN5O2.CH4O/c1-4-16(8-7-13-33)26(34)31-23-14-17(11-12-20(23)27)19-15-22(18-9-5-6-10-21(18)28)30-25(29)24(19)32(2)3;1-2/h5-6,9-16H,4,7-8,28H2,1-3H3,(H2,29,30)(H,31,34);2H,1H3.